The van der Waals surface area contributed by atoms with Gasteiger partial charge in [0.25, 0.3) is 0 Å². The molecule has 0 rings (SSSR count). The van der Waals surface area contributed by atoms with Crippen LogP contribution in [0.1, 0.15) is 71.6 Å². The van der Waals surface area contributed by atoms with Gasteiger partial charge in [-0.05, 0) is 50.9 Å². The molecular weight excluding hydrogens is 334 g/mol. The highest BCUT2D eigenvalue weighted by Crippen LogP contribution is 2.05. The van der Waals surface area contributed by atoms with Crippen molar-refractivity contribution < 1.29 is 9.53 Å². The lowest BCUT2D eigenvalue weighted by Crippen LogP contribution is -2.27. The predicted octanol–water partition coefficient (Wildman–Crippen LogP) is 6.14. The Morgan fingerprint density at radius 2 is 1.52 bits per heavy atom. The topological polar surface area (TPSA) is 38.3 Å². The Morgan fingerprint density at radius 3 is 2.26 bits per heavy atom. The van der Waals surface area contributed by atoms with E-state index < -0.39 is 0 Å². The average molecular weight is 376 g/mol. The highest BCUT2D eigenvalue weighted by molar-refractivity contribution is 5.77. The van der Waals surface area contributed by atoms with Crippen LogP contribution in [-0.2, 0) is 9.53 Å². The van der Waals surface area contributed by atoms with Gasteiger partial charge in [-0.3, -0.25) is 4.79 Å². The number of methoxy groups -OCH3 is 1. The van der Waals surface area contributed by atoms with Crippen LogP contribution in [0, 0.1) is 5.92 Å². The molecule has 0 radical (unpaired) electrons. The molecule has 0 aromatic rings. The SMILES string of the molecule is CCCCC/C=C\C(C)/C=C\C/C=C\C/C=C\CCCCNC(=O)COC. The van der Waals surface area contributed by atoms with E-state index in [1.54, 1.807) is 0 Å². The zero-order valence-corrected chi connectivity index (χ0v) is 17.8. The van der Waals surface area contributed by atoms with Crippen LogP contribution in [0.5, 0.6) is 0 Å². The van der Waals surface area contributed by atoms with E-state index in [0.717, 1.165) is 38.6 Å². The van der Waals surface area contributed by atoms with Crippen molar-refractivity contribution in [1.29, 1.82) is 0 Å². The second-order valence-electron chi connectivity index (χ2n) is 6.90. The third-order valence-electron chi connectivity index (χ3n) is 4.13. The van der Waals surface area contributed by atoms with Gasteiger partial charge < -0.3 is 10.1 Å². The summed E-state index contributed by atoms with van der Waals surface area (Å²) in [4.78, 5) is 11.2. The van der Waals surface area contributed by atoms with Crippen LogP contribution in [0.15, 0.2) is 48.6 Å². The molecule has 0 aromatic heterocycles. The van der Waals surface area contributed by atoms with Gasteiger partial charge in [-0.2, -0.15) is 0 Å². The van der Waals surface area contributed by atoms with Gasteiger partial charge in [0.05, 0.1) is 0 Å². The molecule has 1 N–H and O–H groups in total. The Labute approximate surface area is 167 Å². The summed E-state index contributed by atoms with van der Waals surface area (Å²) in [6.07, 6.45) is 28.3. The molecule has 1 unspecified atom stereocenters. The van der Waals surface area contributed by atoms with Gasteiger partial charge in [0.1, 0.15) is 6.61 Å². The van der Waals surface area contributed by atoms with Gasteiger partial charge in [0.2, 0.25) is 5.91 Å². The molecule has 0 heterocycles. The number of ether oxygens (including phenoxy) is 1. The minimum atomic E-state index is -0.0374. The first-order chi connectivity index (χ1) is 13.2. The predicted molar refractivity (Wildman–Crippen MR) is 118 cm³/mol. The van der Waals surface area contributed by atoms with Crippen molar-refractivity contribution in [2.45, 2.75) is 71.6 Å². The molecule has 0 aliphatic carbocycles. The molecule has 3 nitrogen and oxygen atoms in total. The lowest BCUT2D eigenvalue weighted by Gasteiger charge is -2.02. The van der Waals surface area contributed by atoms with Crippen molar-refractivity contribution in [2.24, 2.45) is 5.92 Å². The molecule has 0 aliphatic heterocycles. The number of hydrogen-bond acceptors (Lipinski definition) is 2. The monoisotopic (exact) mass is 375 g/mol. The Kier molecular flexibility index (Phi) is 19.5. The normalized spacial score (nSPS) is 13.4. The van der Waals surface area contributed by atoms with Crippen molar-refractivity contribution in [2.75, 3.05) is 20.3 Å². The number of amides is 1. The third kappa shape index (κ3) is 20.6. The van der Waals surface area contributed by atoms with E-state index in [1.165, 1.54) is 32.8 Å². The maximum atomic E-state index is 11.2. The first-order valence-corrected chi connectivity index (χ1v) is 10.6. The maximum absolute atomic E-state index is 11.2. The van der Waals surface area contributed by atoms with E-state index in [9.17, 15) is 4.79 Å². The molecule has 0 saturated heterocycles. The highest BCUT2D eigenvalue weighted by Gasteiger charge is 1.97. The summed E-state index contributed by atoms with van der Waals surface area (Å²) < 4.78 is 4.76. The molecular formula is C24H41NO2. The van der Waals surface area contributed by atoms with Crippen LogP contribution in [0.3, 0.4) is 0 Å². The molecule has 0 aliphatic rings. The van der Waals surface area contributed by atoms with E-state index in [1.807, 2.05) is 0 Å². The van der Waals surface area contributed by atoms with Gasteiger partial charge in [-0.15, -0.1) is 0 Å². The van der Waals surface area contributed by atoms with E-state index in [2.05, 4.69) is 67.8 Å². The summed E-state index contributed by atoms with van der Waals surface area (Å²) in [5.41, 5.74) is 0. The minimum absolute atomic E-state index is 0.0374. The van der Waals surface area contributed by atoms with Gasteiger partial charge in [0, 0.05) is 13.7 Å². The number of hydrogen-bond donors (Lipinski definition) is 1. The van der Waals surface area contributed by atoms with Crippen LogP contribution in [0.25, 0.3) is 0 Å². The van der Waals surface area contributed by atoms with Crippen molar-refractivity contribution in [3.05, 3.63) is 48.6 Å². The van der Waals surface area contributed by atoms with Crippen LogP contribution >= 0.6 is 0 Å². The van der Waals surface area contributed by atoms with E-state index in [-0.39, 0.29) is 12.5 Å². The molecule has 0 fully saturated rings. The van der Waals surface area contributed by atoms with Crippen LogP contribution in [-0.4, -0.2) is 26.2 Å². The zero-order chi connectivity index (χ0) is 20.0. The number of unbranched alkanes of at least 4 members (excludes halogenated alkanes) is 5. The van der Waals surface area contributed by atoms with Crippen LogP contribution in [0.4, 0.5) is 0 Å². The second-order valence-corrected chi connectivity index (χ2v) is 6.90. The average Bonchev–Trinajstić information content (AvgIpc) is 2.65. The standard InChI is InChI=1S/C24H41NO2/c1-4-5-6-13-16-19-23(2)20-17-14-11-9-7-8-10-12-15-18-21-25-24(26)22-27-3/h8-11,16-17,19-20,23H,4-7,12-15,18,21-22H2,1-3H3,(H,25,26)/b10-8-,11-9-,19-16-,20-17-. The summed E-state index contributed by atoms with van der Waals surface area (Å²) in [5.74, 6) is 0.490. The smallest absolute Gasteiger partial charge is 0.245 e. The van der Waals surface area contributed by atoms with Gasteiger partial charge in [-0.1, -0.05) is 75.3 Å². The largest absolute Gasteiger partial charge is 0.375 e. The summed E-state index contributed by atoms with van der Waals surface area (Å²) in [5, 5.41) is 2.83. The highest BCUT2D eigenvalue weighted by atomic mass is 16.5. The number of allylic oxidation sites excluding steroid dienone is 8. The Morgan fingerprint density at radius 1 is 0.889 bits per heavy atom. The van der Waals surface area contributed by atoms with Crippen molar-refractivity contribution in [3.63, 3.8) is 0 Å². The van der Waals surface area contributed by atoms with E-state index >= 15 is 0 Å². The number of rotatable bonds is 17. The molecule has 1 amide bonds. The summed E-state index contributed by atoms with van der Waals surface area (Å²) in [6.45, 7) is 5.36. The maximum Gasteiger partial charge on any atom is 0.245 e. The number of carbonyl (C=O) groups is 1. The quantitative estimate of drug-likeness (QED) is 0.245. The zero-order valence-electron chi connectivity index (χ0n) is 17.8. The molecule has 3 heteroatoms. The molecule has 1 atom stereocenters. The van der Waals surface area contributed by atoms with E-state index in [4.69, 9.17) is 4.74 Å². The van der Waals surface area contributed by atoms with Gasteiger partial charge in [0.15, 0.2) is 0 Å². The molecule has 154 valence electrons. The summed E-state index contributed by atoms with van der Waals surface area (Å²) >= 11 is 0. The lowest BCUT2D eigenvalue weighted by atomic mass is 10.1. The Hall–Kier alpha value is -1.61. The molecule has 0 bridgehead atoms. The fourth-order valence-electron chi connectivity index (χ4n) is 2.54. The molecule has 0 aromatic carbocycles. The number of carbonyl (C=O) groups excluding carboxylic acids is 1. The fourth-order valence-corrected chi connectivity index (χ4v) is 2.54. The van der Waals surface area contributed by atoms with Crippen molar-refractivity contribution >= 4 is 5.91 Å². The first kappa shape index (κ1) is 25.4. The van der Waals surface area contributed by atoms with Crippen molar-refractivity contribution in [1.82, 2.24) is 5.32 Å². The molecule has 0 saturated carbocycles. The van der Waals surface area contributed by atoms with Crippen LogP contribution < -0.4 is 5.32 Å². The molecule has 27 heavy (non-hydrogen) atoms. The third-order valence-corrected chi connectivity index (χ3v) is 4.13. The second kappa shape index (κ2) is 20.7. The van der Waals surface area contributed by atoms with Gasteiger partial charge in [-0.25, -0.2) is 0 Å². The first-order valence-electron chi connectivity index (χ1n) is 10.6. The van der Waals surface area contributed by atoms with Crippen LogP contribution in [0.2, 0.25) is 0 Å². The summed E-state index contributed by atoms with van der Waals surface area (Å²) in [7, 11) is 1.53. The summed E-state index contributed by atoms with van der Waals surface area (Å²) in [6, 6.07) is 0. The molecule has 0 spiro atoms. The number of nitrogens with one attached hydrogen (secondary N) is 1. The minimum Gasteiger partial charge on any atom is -0.375 e. The Bertz CT molecular complexity index is 449. The Balaban J connectivity index is 3.55. The van der Waals surface area contributed by atoms with Crippen molar-refractivity contribution in [3.8, 4) is 0 Å². The van der Waals surface area contributed by atoms with Gasteiger partial charge >= 0.3 is 0 Å². The van der Waals surface area contributed by atoms with E-state index in [0.29, 0.717) is 5.92 Å². The fraction of sp³-hybridized carbons (Fsp3) is 0.625. The lowest BCUT2D eigenvalue weighted by molar-refractivity contribution is -0.124.